The van der Waals surface area contributed by atoms with E-state index < -0.39 is 0 Å². The van der Waals surface area contributed by atoms with E-state index in [4.69, 9.17) is 11.6 Å². The molecule has 1 amide bonds. The molecule has 136 valence electrons. The van der Waals surface area contributed by atoms with E-state index in [-0.39, 0.29) is 5.91 Å². The van der Waals surface area contributed by atoms with Crippen LogP contribution in [0.5, 0.6) is 0 Å². The summed E-state index contributed by atoms with van der Waals surface area (Å²) in [6, 6.07) is 21.5. The van der Waals surface area contributed by atoms with Crippen LogP contribution in [0.2, 0.25) is 5.02 Å². The number of carbonyl (C=O) groups excluding carboxylic acids is 1. The molecule has 0 aromatic heterocycles. The summed E-state index contributed by atoms with van der Waals surface area (Å²) in [5.74, 6) is -0.0932. The number of nitrogens with one attached hydrogen (secondary N) is 2. The van der Waals surface area contributed by atoms with E-state index in [1.807, 2.05) is 54.6 Å². The predicted molar refractivity (Wildman–Crippen MR) is 112 cm³/mol. The zero-order chi connectivity index (χ0) is 18.6. The second-order valence-corrected chi connectivity index (χ2v) is 7.21. The van der Waals surface area contributed by atoms with Gasteiger partial charge in [0.25, 0.3) is 5.91 Å². The molecule has 0 fully saturated rings. The third-order valence-electron chi connectivity index (χ3n) is 4.93. The third-order valence-corrected chi connectivity index (χ3v) is 5.18. The molecule has 1 aliphatic heterocycles. The first-order chi connectivity index (χ1) is 13.2. The normalized spacial score (nSPS) is 13.5. The Labute approximate surface area is 164 Å². The van der Waals surface area contributed by atoms with E-state index in [9.17, 15) is 4.79 Å². The Morgan fingerprint density at radius 1 is 0.815 bits per heavy atom. The van der Waals surface area contributed by atoms with Gasteiger partial charge in [-0.25, -0.2) is 0 Å². The minimum Gasteiger partial charge on any atom is -0.322 e. The minimum absolute atomic E-state index is 0.0932. The molecular weight excluding hydrogens is 356 g/mol. The van der Waals surface area contributed by atoms with Crippen LogP contribution in [0.4, 0.5) is 5.69 Å². The van der Waals surface area contributed by atoms with Crippen LogP contribution in [0.3, 0.4) is 0 Å². The topological polar surface area (TPSA) is 41.1 Å². The molecule has 3 aromatic carbocycles. The van der Waals surface area contributed by atoms with Gasteiger partial charge in [0.2, 0.25) is 0 Å². The molecule has 0 aliphatic carbocycles. The van der Waals surface area contributed by atoms with E-state index in [1.54, 1.807) is 0 Å². The molecule has 1 aliphatic rings. The Bertz CT molecular complexity index is 949. The number of rotatable bonds is 3. The molecule has 0 spiro atoms. The monoisotopic (exact) mass is 376 g/mol. The lowest BCUT2D eigenvalue weighted by atomic mass is 10.0. The lowest BCUT2D eigenvalue weighted by Gasteiger charge is -2.10. The first-order valence-corrected chi connectivity index (χ1v) is 9.57. The molecule has 0 bridgehead atoms. The first-order valence-electron chi connectivity index (χ1n) is 9.19. The number of hydrogen-bond donors (Lipinski definition) is 2. The maximum Gasteiger partial charge on any atom is 0.255 e. The van der Waals surface area contributed by atoms with Crippen molar-refractivity contribution in [3.05, 3.63) is 88.4 Å². The molecule has 0 saturated carbocycles. The molecule has 3 nitrogen and oxygen atoms in total. The third kappa shape index (κ3) is 4.21. The van der Waals surface area contributed by atoms with Crippen LogP contribution in [-0.2, 0) is 12.8 Å². The van der Waals surface area contributed by atoms with Gasteiger partial charge < -0.3 is 10.6 Å². The molecule has 0 unspecified atom stereocenters. The van der Waals surface area contributed by atoms with Crippen molar-refractivity contribution in [1.29, 1.82) is 0 Å². The van der Waals surface area contributed by atoms with E-state index in [1.165, 1.54) is 11.1 Å². The highest BCUT2D eigenvalue weighted by atomic mass is 35.5. The first kappa shape index (κ1) is 17.8. The summed E-state index contributed by atoms with van der Waals surface area (Å²) in [5, 5.41) is 7.14. The quantitative estimate of drug-likeness (QED) is 0.679. The Balaban J connectivity index is 1.48. The molecule has 4 rings (SSSR count). The Hall–Kier alpha value is -2.62. The summed E-state index contributed by atoms with van der Waals surface area (Å²) in [6.07, 6.45) is 2.03. The average Bonchev–Trinajstić information content (AvgIpc) is 2.94. The van der Waals surface area contributed by atoms with Gasteiger partial charge in [0, 0.05) is 16.3 Å². The SMILES string of the molecule is O=C(Nc1ccc2c(c1)CCNCC2)c1ccc(-c2ccc(Cl)cc2)cc1. The summed E-state index contributed by atoms with van der Waals surface area (Å²) in [5.41, 5.74) is 6.31. The van der Waals surface area contributed by atoms with Crippen LogP contribution in [0.1, 0.15) is 21.5 Å². The number of halogens is 1. The minimum atomic E-state index is -0.0932. The van der Waals surface area contributed by atoms with Gasteiger partial charge in [-0.2, -0.15) is 0 Å². The van der Waals surface area contributed by atoms with Crippen molar-refractivity contribution in [2.45, 2.75) is 12.8 Å². The van der Waals surface area contributed by atoms with E-state index >= 15 is 0 Å². The zero-order valence-electron chi connectivity index (χ0n) is 15.0. The number of carbonyl (C=O) groups is 1. The number of amides is 1. The van der Waals surface area contributed by atoms with E-state index in [2.05, 4.69) is 22.8 Å². The standard InChI is InChI=1S/C23H21ClN2O/c24-21-8-5-17(6-9-21)16-1-3-19(4-2-16)23(27)26-22-10-7-18-11-13-25-14-12-20(18)15-22/h1-10,15,25H,11-14H2,(H,26,27). The smallest absolute Gasteiger partial charge is 0.255 e. The van der Waals surface area contributed by atoms with Crippen LogP contribution in [0.25, 0.3) is 11.1 Å². The van der Waals surface area contributed by atoms with Crippen LogP contribution in [-0.4, -0.2) is 19.0 Å². The highest BCUT2D eigenvalue weighted by molar-refractivity contribution is 6.30. The Morgan fingerprint density at radius 3 is 2.15 bits per heavy atom. The molecule has 3 aromatic rings. The van der Waals surface area contributed by atoms with Crippen LogP contribution in [0, 0.1) is 0 Å². The van der Waals surface area contributed by atoms with Gasteiger partial charge in [-0.1, -0.05) is 41.9 Å². The highest BCUT2D eigenvalue weighted by Gasteiger charge is 2.11. The molecule has 1 heterocycles. The molecule has 0 saturated heterocycles. The predicted octanol–water partition coefficient (Wildman–Crippen LogP) is 4.95. The van der Waals surface area contributed by atoms with Crippen molar-refractivity contribution in [1.82, 2.24) is 5.32 Å². The fourth-order valence-electron chi connectivity index (χ4n) is 3.41. The summed E-state index contributed by atoms with van der Waals surface area (Å²) >= 11 is 5.94. The van der Waals surface area contributed by atoms with Crippen molar-refractivity contribution in [2.24, 2.45) is 0 Å². The second kappa shape index (κ2) is 7.95. The lowest BCUT2D eigenvalue weighted by Crippen LogP contribution is -2.16. The summed E-state index contributed by atoms with van der Waals surface area (Å²) < 4.78 is 0. The van der Waals surface area contributed by atoms with Crippen molar-refractivity contribution in [3.63, 3.8) is 0 Å². The van der Waals surface area contributed by atoms with E-state index in [0.29, 0.717) is 10.6 Å². The maximum atomic E-state index is 12.6. The van der Waals surface area contributed by atoms with Crippen LogP contribution >= 0.6 is 11.6 Å². The molecule has 0 atom stereocenters. The Morgan fingerprint density at radius 2 is 1.44 bits per heavy atom. The Kier molecular flexibility index (Phi) is 5.23. The zero-order valence-corrected chi connectivity index (χ0v) is 15.7. The molecule has 0 radical (unpaired) electrons. The van der Waals surface area contributed by atoms with Gasteiger partial charge >= 0.3 is 0 Å². The van der Waals surface area contributed by atoms with Gasteiger partial charge in [-0.05, 0) is 84.6 Å². The lowest BCUT2D eigenvalue weighted by molar-refractivity contribution is 0.102. The van der Waals surface area contributed by atoms with Crippen molar-refractivity contribution >= 4 is 23.2 Å². The van der Waals surface area contributed by atoms with Gasteiger partial charge in [-0.15, -0.1) is 0 Å². The van der Waals surface area contributed by atoms with Crippen molar-refractivity contribution < 1.29 is 4.79 Å². The molecular formula is C23H21ClN2O. The van der Waals surface area contributed by atoms with Crippen molar-refractivity contribution in [2.75, 3.05) is 18.4 Å². The number of fused-ring (bicyclic) bond motifs is 1. The van der Waals surface area contributed by atoms with Gasteiger partial charge in [0.05, 0.1) is 0 Å². The molecule has 4 heteroatoms. The number of benzene rings is 3. The summed E-state index contributed by atoms with van der Waals surface area (Å²) in [7, 11) is 0. The number of anilines is 1. The van der Waals surface area contributed by atoms with Gasteiger partial charge in [-0.3, -0.25) is 4.79 Å². The number of hydrogen-bond acceptors (Lipinski definition) is 2. The van der Waals surface area contributed by atoms with Crippen molar-refractivity contribution in [3.8, 4) is 11.1 Å². The summed E-state index contributed by atoms with van der Waals surface area (Å²) in [4.78, 5) is 12.6. The highest BCUT2D eigenvalue weighted by Crippen LogP contribution is 2.23. The fourth-order valence-corrected chi connectivity index (χ4v) is 3.54. The summed E-state index contributed by atoms with van der Waals surface area (Å²) in [6.45, 7) is 2.00. The average molecular weight is 377 g/mol. The molecule has 2 N–H and O–H groups in total. The largest absolute Gasteiger partial charge is 0.322 e. The van der Waals surface area contributed by atoms with Gasteiger partial charge in [0.1, 0.15) is 0 Å². The second-order valence-electron chi connectivity index (χ2n) is 6.77. The van der Waals surface area contributed by atoms with E-state index in [0.717, 1.165) is 42.7 Å². The maximum absolute atomic E-state index is 12.6. The fraction of sp³-hybridized carbons (Fsp3) is 0.174. The van der Waals surface area contributed by atoms with Crippen LogP contribution < -0.4 is 10.6 Å². The van der Waals surface area contributed by atoms with Crippen LogP contribution in [0.15, 0.2) is 66.7 Å². The molecule has 27 heavy (non-hydrogen) atoms. The van der Waals surface area contributed by atoms with Gasteiger partial charge in [0.15, 0.2) is 0 Å².